The summed E-state index contributed by atoms with van der Waals surface area (Å²) in [5, 5.41) is 19.9. The van der Waals surface area contributed by atoms with Gasteiger partial charge in [0.2, 0.25) is 5.91 Å². The first-order valence-corrected chi connectivity index (χ1v) is 5.67. The number of nitrogens with zero attached hydrogens (tertiary/aromatic N) is 3. The van der Waals surface area contributed by atoms with Crippen LogP contribution in [-0.4, -0.2) is 54.5 Å². The summed E-state index contributed by atoms with van der Waals surface area (Å²) in [5.74, 6) is -1.43. The quantitative estimate of drug-likeness (QED) is 0.633. The second kappa shape index (κ2) is 6.00. The molecular formula is C12H15N3O5. The number of nitro benzene ring substituents is 1. The number of carbonyl (C=O) groups is 2. The number of rotatable bonds is 5. The Morgan fingerprint density at radius 2 is 1.90 bits per heavy atom. The predicted octanol–water partition coefficient (Wildman–Crippen LogP) is 0.817. The number of amides is 1. The van der Waals surface area contributed by atoms with Crippen molar-refractivity contribution >= 4 is 23.3 Å². The molecular weight excluding hydrogens is 266 g/mol. The first-order chi connectivity index (χ1) is 9.23. The highest BCUT2D eigenvalue weighted by molar-refractivity contribution is 5.91. The number of carboxylic acids is 1. The molecule has 0 aromatic heterocycles. The summed E-state index contributed by atoms with van der Waals surface area (Å²) in [7, 11) is 4.63. The highest BCUT2D eigenvalue weighted by Gasteiger charge is 2.21. The smallest absolute Gasteiger partial charge is 0.335 e. The van der Waals surface area contributed by atoms with Crippen LogP contribution in [0.3, 0.4) is 0 Å². The summed E-state index contributed by atoms with van der Waals surface area (Å²) in [5.41, 5.74) is -0.232. The van der Waals surface area contributed by atoms with Crippen LogP contribution in [-0.2, 0) is 4.79 Å². The van der Waals surface area contributed by atoms with E-state index < -0.39 is 10.9 Å². The van der Waals surface area contributed by atoms with Crippen LogP contribution in [0, 0.1) is 10.1 Å². The zero-order valence-electron chi connectivity index (χ0n) is 11.4. The molecule has 1 aromatic rings. The van der Waals surface area contributed by atoms with Crippen molar-refractivity contribution in [3.8, 4) is 0 Å². The number of aromatic carboxylic acids is 1. The van der Waals surface area contributed by atoms with Crippen molar-refractivity contribution in [3.63, 3.8) is 0 Å². The lowest BCUT2D eigenvalue weighted by Crippen LogP contribution is -2.34. The molecule has 108 valence electrons. The second-order valence-corrected chi connectivity index (χ2v) is 4.41. The molecule has 1 rings (SSSR count). The number of hydrogen-bond donors (Lipinski definition) is 1. The van der Waals surface area contributed by atoms with Gasteiger partial charge in [0.05, 0.1) is 17.0 Å². The minimum atomic E-state index is -1.19. The summed E-state index contributed by atoms with van der Waals surface area (Å²) in [6.45, 7) is -0.0864. The van der Waals surface area contributed by atoms with Gasteiger partial charge in [-0.3, -0.25) is 14.9 Å². The molecule has 0 fully saturated rings. The molecule has 8 heteroatoms. The molecule has 0 spiro atoms. The van der Waals surface area contributed by atoms with Crippen molar-refractivity contribution in [2.24, 2.45) is 0 Å². The zero-order chi connectivity index (χ0) is 15.4. The van der Waals surface area contributed by atoms with Crippen molar-refractivity contribution in [1.82, 2.24) is 4.90 Å². The lowest BCUT2D eigenvalue weighted by atomic mass is 10.1. The lowest BCUT2D eigenvalue weighted by molar-refractivity contribution is -0.384. The topological polar surface area (TPSA) is 104 Å². The van der Waals surface area contributed by atoms with Gasteiger partial charge in [-0.05, 0) is 12.1 Å². The van der Waals surface area contributed by atoms with E-state index >= 15 is 0 Å². The summed E-state index contributed by atoms with van der Waals surface area (Å²) in [6.07, 6.45) is 0. The Morgan fingerprint density at radius 3 is 2.35 bits per heavy atom. The predicted molar refractivity (Wildman–Crippen MR) is 72.0 cm³/mol. The molecule has 8 nitrogen and oxygen atoms in total. The number of carbonyl (C=O) groups excluding carboxylic acids is 1. The molecule has 1 amide bonds. The maximum absolute atomic E-state index is 11.6. The van der Waals surface area contributed by atoms with Crippen molar-refractivity contribution in [2.45, 2.75) is 0 Å². The lowest BCUT2D eigenvalue weighted by Gasteiger charge is -2.21. The van der Waals surface area contributed by atoms with E-state index in [4.69, 9.17) is 5.11 Å². The maximum atomic E-state index is 11.6. The Bertz CT molecular complexity index is 556. The molecule has 0 aliphatic heterocycles. The number of carboxylic acid groups (broad SMARTS) is 1. The highest BCUT2D eigenvalue weighted by Crippen LogP contribution is 2.28. The van der Waals surface area contributed by atoms with Crippen molar-refractivity contribution in [1.29, 1.82) is 0 Å². The SMILES string of the molecule is CN(C)C(=O)CN(C)c1cc(C(=O)O)ccc1[N+](=O)[O-]. The van der Waals surface area contributed by atoms with Gasteiger partial charge in [0.15, 0.2) is 0 Å². The minimum Gasteiger partial charge on any atom is -0.478 e. The van der Waals surface area contributed by atoms with E-state index in [1.54, 1.807) is 14.1 Å². The zero-order valence-corrected chi connectivity index (χ0v) is 11.4. The van der Waals surface area contributed by atoms with E-state index in [1.807, 2.05) is 0 Å². The van der Waals surface area contributed by atoms with Gasteiger partial charge in [0.1, 0.15) is 5.69 Å². The highest BCUT2D eigenvalue weighted by atomic mass is 16.6. The first kappa shape index (κ1) is 15.4. The van der Waals surface area contributed by atoms with Crippen LogP contribution < -0.4 is 4.90 Å². The monoisotopic (exact) mass is 281 g/mol. The summed E-state index contributed by atoms with van der Waals surface area (Å²) in [6, 6.07) is 3.46. The number of nitro groups is 1. The molecule has 0 bridgehead atoms. The second-order valence-electron chi connectivity index (χ2n) is 4.41. The van der Waals surface area contributed by atoms with Gasteiger partial charge in [0.25, 0.3) is 5.69 Å². The molecule has 0 radical (unpaired) electrons. The molecule has 0 heterocycles. The van der Waals surface area contributed by atoms with Crippen LogP contribution in [0.1, 0.15) is 10.4 Å². The Balaban J connectivity index is 3.18. The largest absolute Gasteiger partial charge is 0.478 e. The van der Waals surface area contributed by atoms with Gasteiger partial charge < -0.3 is 14.9 Å². The Hall–Kier alpha value is -2.64. The number of hydrogen-bond acceptors (Lipinski definition) is 5. The van der Waals surface area contributed by atoms with Crippen molar-refractivity contribution in [2.75, 3.05) is 32.6 Å². The van der Waals surface area contributed by atoms with Gasteiger partial charge in [-0.25, -0.2) is 4.79 Å². The Kier molecular flexibility index (Phi) is 4.63. The standard InChI is InChI=1S/C12H15N3O5/c1-13(2)11(16)7-14(3)10-6-8(12(17)18)4-5-9(10)15(19)20/h4-6H,7H2,1-3H3,(H,17,18). The third-order valence-corrected chi connectivity index (χ3v) is 2.70. The van der Waals surface area contributed by atoms with E-state index in [-0.39, 0.29) is 29.4 Å². The van der Waals surface area contributed by atoms with Gasteiger partial charge in [0, 0.05) is 27.2 Å². The van der Waals surface area contributed by atoms with Crippen LogP contribution in [0.5, 0.6) is 0 Å². The fraction of sp³-hybridized carbons (Fsp3) is 0.333. The van der Waals surface area contributed by atoms with Crippen molar-refractivity contribution in [3.05, 3.63) is 33.9 Å². The molecule has 1 N–H and O–H groups in total. The van der Waals surface area contributed by atoms with Crippen LogP contribution >= 0.6 is 0 Å². The molecule has 0 saturated heterocycles. The van der Waals surface area contributed by atoms with Gasteiger partial charge in [-0.2, -0.15) is 0 Å². The van der Waals surface area contributed by atoms with Crippen LogP contribution in [0.15, 0.2) is 18.2 Å². The normalized spacial score (nSPS) is 9.95. The van der Waals surface area contributed by atoms with Gasteiger partial charge in [-0.15, -0.1) is 0 Å². The van der Waals surface area contributed by atoms with Crippen LogP contribution in [0.2, 0.25) is 0 Å². The molecule has 0 aliphatic carbocycles. The van der Waals surface area contributed by atoms with Crippen LogP contribution in [0.25, 0.3) is 0 Å². The minimum absolute atomic E-state index is 0.0743. The van der Waals surface area contributed by atoms with E-state index in [1.165, 1.54) is 22.9 Å². The van der Waals surface area contributed by atoms with E-state index in [0.29, 0.717) is 0 Å². The maximum Gasteiger partial charge on any atom is 0.335 e. The van der Waals surface area contributed by atoms with Gasteiger partial charge in [-0.1, -0.05) is 0 Å². The average molecular weight is 281 g/mol. The third kappa shape index (κ3) is 3.44. The van der Waals surface area contributed by atoms with E-state index in [2.05, 4.69) is 0 Å². The van der Waals surface area contributed by atoms with E-state index in [0.717, 1.165) is 12.1 Å². The summed E-state index contributed by atoms with van der Waals surface area (Å²) < 4.78 is 0. The van der Waals surface area contributed by atoms with E-state index in [9.17, 15) is 19.7 Å². The molecule has 0 aliphatic rings. The Morgan fingerprint density at radius 1 is 1.30 bits per heavy atom. The molecule has 0 atom stereocenters. The Labute approximate surface area is 115 Å². The summed E-state index contributed by atoms with van der Waals surface area (Å²) >= 11 is 0. The fourth-order valence-electron chi connectivity index (χ4n) is 1.55. The van der Waals surface area contributed by atoms with Crippen LogP contribution in [0.4, 0.5) is 11.4 Å². The fourth-order valence-corrected chi connectivity index (χ4v) is 1.55. The van der Waals surface area contributed by atoms with Gasteiger partial charge >= 0.3 is 5.97 Å². The third-order valence-electron chi connectivity index (χ3n) is 2.70. The number of anilines is 1. The molecule has 0 unspecified atom stereocenters. The first-order valence-electron chi connectivity index (χ1n) is 5.67. The van der Waals surface area contributed by atoms with Crippen molar-refractivity contribution < 1.29 is 19.6 Å². The molecule has 0 saturated carbocycles. The number of likely N-dealkylation sites (N-methyl/N-ethyl adjacent to an activating group) is 2. The molecule has 1 aromatic carbocycles. The molecule has 20 heavy (non-hydrogen) atoms. The summed E-state index contributed by atoms with van der Waals surface area (Å²) in [4.78, 5) is 35.6. The number of benzene rings is 1. The average Bonchev–Trinajstić information content (AvgIpc) is 2.37.